The molecule has 0 saturated carbocycles. The van der Waals surface area contributed by atoms with Crippen molar-refractivity contribution in [2.24, 2.45) is 0 Å². The zero-order valence-corrected chi connectivity index (χ0v) is 4.14. The van der Waals surface area contributed by atoms with E-state index < -0.39 is 8.25 Å². The van der Waals surface area contributed by atoms with E-state index in [1.165, 1.54) is 0 Å². The Morgan fingerprint density at radius 2 is 2.43 bits per heavy atom. The maximum atomic E-state index is 10.8. The molecule has 0 aliphatic rings. The molecule has 1 unspecified atom stereocenters. The first kappa shape index (κ1) is 6.53. The summed E-state index contributed by atoms with van der Waals surface area (Å²) in [7, 11) is -2.68. The van der Waals surface area contributed by atoms with Gasteiger partial charge in [0.25, 0.3) is 0 Å². The van der Waals surface area contributed by atoms with Crippen LogP contribution in [0.5, 0.6) is 0 Å². The standard InChI is InChI=1S/C2H2FO3P/c3-1-2-6-7(4)5/h1-2H/p+1. The smallest absolute Gasteiger partial charge is 0.235 e. The van der Waals surface area contributed by atoms with E-state index in [0.717, 1.165) is 0 Å². The van der Waals surface area contributed by atoms with Gasteiger partial charge in [0.1, 0.15) is 6.33 Å². The second-order valence-corrected chi connectivity index (χ2v) is 1.29. The fourth-order valence-electron chi connectivity index (χ4n) is 0.0751. The Kier molecular flexibility index (Phi) is 3.46. The van der Waals surface area contributed by atoms with Crippen LogP contribution in [-0.4, -0.2) is 4.89 Å². The Labute approximate surface area is 40.4 Å². The van der Waals surface area contributed by atoms with Crippen LogP contribution in [0.25, 0.3) is 0 Å². The normalized spacial score (nSPS) is 12.0. The molecule has 0 fully saturated rings. The fraction of sp³-hybridized carbons (Fsp3) is 0. The van der Waals surface area contributed by atoms with E-state index >= 15 is 0 Å². The number of hydrogen-bond donors (Lipinski definition) is 1. The summed E-state index contributed by atoms with van der Waals surface area (Å²) in [6.07, 6.45) is 0.530. The molecular formula is C2H3FO3P+. The predicted molar refractivity (Wildman–Crippen MR) is 21.2 cm³/mol. The summed E-state index contributed by atoms with van der Waals surface area (Å²) in [5.74, 6) is 0. The van der Waals surface area contributed by atoms with E-state index in [2.05, 4.69) is 4.52 Å². The Morgan fingerprint density at radius 1 is 1.86 bits per heavy atom. The Balaban J connectivity index is 3.14. The monoisotopic (exact) mass is 125 g/mol. The third kappa shape index (κ3) is 5.53. The van der Waals surface area contributed by atoms with Gasteiger partial charge in [-0.1, -0.05) is 0 Å². The highest BCUT2D eigenvalue weighted by molar-refractivity contribution is 7.32. The first-order valence-corrected chi connectivity index (χ1v) is 2.48. The average molecular weight is 125 g/mol. The van der Waals surface area contributed by atoms with E-state index in [1.807, 2.05) is 0 Å². The second-order valence-electron chi connectivity index (χ2n) is 0.605. The van der Waals surface area contributed by atoms with Crippen LogP contribution >= 0.6 is 8.25 Å². The summed E-state index contributed by atoms with van der Waals surface area (Å²) in [6.45, 7) is 0. The first-order chi connectivity index (χ1) is 3.27. The highest BCUT2D eigenvalue weighted by Gasteiger charge is 2.06. The van der Waals surface area contributed by atoms with E-state index in [4.69, 9.17) is 4.89 Å². The van der Waals surface area contributed by atoms with Gasteiger partial charge in [-0.2, -0.15) is 0 Å². The third-order valence-electron chi connectivity index (χ3n) is 0.202. The molecule has 1 atom stereocenters. The largest absolute Gasteiger partial charge is 0.746 e. The molecule has 0 saturated heterocycles. The molecule has 0 heterocycles. The quantitative estimate of drug-likeness (QED) is 0.443. The summed E-state index contributed by atoms with van der Waals surface area (Å²) in [4.78, 5) is 7.75. The summed E-state index contributed by atoms with van der Waals surface area (Å²) >= 11 is 0. The van der Waals surface area contributed by atoms with Gasteiger partial charge in [0.2, 0.25) is 0 Å². The van der Waals surface area contributed by atoms with Gasteiger partial charge in [0.05, 0.1) is 0 Å². The molecule has 0 amide bonds. The van der Waals surface area contributed by atoms with Crippen LogP contribution in [-0.2, 0) is 9.09 Å². The summed E-state index contributed by atoms with van der Waals surface area (Å²) < 4.78 is 24.0. The van der Waals surface area contributed by atoms with Crippen molar-refractivity contribution in [3.8, 4) is 0 Å². The molecule has 0 rings (SSSR count). The van der Waals surface area contributed by atoms with Crippen LogP contribution < -0.4 is 0 Å². The van der Waals surface area contributed by atoms with E-state index in [-0.39, 0.29) is 6.33 Å². The molecular weight excluding hydrogens is 122 g/mol. The van der Waals surface area contributed by atoms with Gasteiger partial charge < -0.3 is 0 Å². The van der Waals surface area contributed by atoms with Crippen LogP contribution in [0.4, 0.5) is 4.39 Å². The van der Waals surface area contributed by atoms with E-state index in [9.17, 15) is 8.96 Å². The minimum absolute atomic E-state index is 0.0312. The molecule has 0 radical (unpaired) electrons. The second kappa shape index (κ2) is 3.71. The lowest BCUT2D eigenvalue weighted by atomic mass is 11.1. The lowest BCUT2D eigenvalue weighted by Gasteiger charge is -1.65. The Bertz CT molecular complexity index is 90.9. The van der Waals surface area contributed by atoms with Crippen molar-refractivity contribution in [1.82, 2.24) is 0 Å². The summed E-state index contributed by atoms with van der Waals surface area (Å²) in [5.41, 5.74) is 0. The maximum absolute atomic E-state index is 10.8. The minimum atomic E-state index is -2.68. The third-order valence-corrected chi connectivity index (χ3v) is 0.505. The topological polar surface area (TPSA) is 46.5 Å². The molecule has 0 aliphatic heterocycles. The zero-order chi connectivity index (χ0) is 5.70. The molecule has 0 aromatic rings. The number of hydrogen-bond acceptors (Lipinski definition) is 2. The summed E-state index contributed by atoms with van der Waals surface area (Å²) in [5, 5.41) is 0. The first-order valence-electron chi connectivity index (χ1n) is 1.35. The zero-order valence-electron chi connectivity index (χ0n) is 3.24. The van der Waals surface area contributed by atoms with Crippen molar-refractivity contribution in [3.05, 3.63) is 12.6 Å². The van der Waals surface area contributed by atoms with Crippen LogP contribution in [0.15, 0.2) is 12.6 Å². The van der Waals surface area contributed by atoms with Crippen LogP contribution in [0, 0.1) is 0 Å². The molecule has 40 valence electrons. The molecule has 1 N–H and O–H groups in total. The Hall–Kier alpha value is -0.470. The van der Waals surface area contributed by atoms with Crippen molar-refractivity contribution in [2.45, 2.75) is 0 Å². The predicted octanol–water partition coefficient (Wildman–Crippen LogP) is 1.09. The van der Waals surface area contributed by atoms with Crippen LogP contribution in [0.3, 0.4) is 0 Å². The van der Waals surface area contributed by atoms with Crippen molar-refractivity contribution >= 4 is 8.25 Å². The van der Waals surface area contributed by atoms with Gasteiger partial charge in [-0.3, -0.25) is 0 Å². The van der Waals surface area contributed by atoms with Crippen LogP contribution in [0.1, 0.15) is 0 Å². The molecule has 0 spiro atoms. The lowest BCUT2D eigenvalue weighted by Crippen LogP contribution is -1.58. The van der Waals surface area contributed by atoms with Gasteiger partial charge in [-0.15, -0.1) is 4.89 Å². The summed E-state index contributed by atoms with van der Waals surface area (Å²) in [6, 6.07) is 0. The maximum Gasteiger partial charge on any atom is 0.746 e. The molecule has 0 aliphatic carbocycles. The lowest BCUT2D eigenvalue weighted by molar-refractivity contribution is 0.373. The van der Waals surface area contributed by atoms with Gasteiger partial charge in [-0.05, 0) is 0 Å². The average Bonchev–Trinajstić information content (AvgIpc) is 1.61. The van der Waals surface area contributed by atoms with Crippen molar-refractivity contribution in [3.63, 3.8) is 0 Å². The molecule has 0 bridgehead atoms. The molecule has 7 heavy (non-hydrogen) atoms. The van der Waals surface area contributed by atoms with Gasteiger partial charge in [0, 0.05) is 4.57 Å². The molecule has 3 nitrogen and oxygen atoms in total. The van der Waals surface area contributed by atoms with E-state index in [0.29, 0.717) is 6.26 Å². The van der Waals surface area contributed by atoms with Gasteiger partial charge >= 0.3 is 8.25 Å². The Morgan fingerprint density at radius 3 is 2.57 bits per heavy atom. The van der Waals surface area contributed by atoms with E-state index in [1.54, 1.807) is 0 Å². The number of halogens is 1. The van der Waals surface area contributed by atoms with Gasteiger partial charge in [0.15, 0.2) is 6.26 Å². The van der Waals surface area contributed by atoms with Crippen molar-refractivity contribution in [1.29, 1.82) is 0 Å². The molecule has 5 heteroatoms. The van der Waals surface area contributed by atoms with Crippen molar-refractivity contribution < 1.29 is 18.4 Å². The van der Waals surface area contributed by atoms with Crippen molar-refractivity contribution in [2.75, 3.05) is 0 Å². The van der Waals surface area contributed by atoms with Crippen LogP contribution in [0.2, 0.25) is 0 Å². The highest BCUT2D eigenvalue weighted by Crippen LogP contribution is 2.13. The number of rotatable bonds is 2. The SMILES string of the molecule is O=[P+](O)OC=CF. The van der Waals surface area contributed by atoms with Gasteiger partial charge in [-0.25, -0.2) is 8.91 Å². The highest BCUT2D eigenvalue weighted by atomic mass is 31.1. The molecule has 0 aromatic heterocycles. The fourth-order valence-corrected chi connectivity index (χ4v) is 0.225. The molecule has 0 aromatic carbocycles. The minimum Gasteiger partial charge on any atom is -0.235 e.